The molecule has 2 aromatic rings. The number of benzene rings is 1. The number of rotatable bonds is 6. The topological polar surface area (TPSA) is 54.5 Å². The number of carbonyl (C=O) groups is 1. The number of hydrogen-bond donors (Lipinski definition) is 1. The molecule has 5 nitrogen and oxygen atoms in total. The minimum absolute atomic E-state index is 0. The van der Waals surface area contributed by atoms with Crippen LogP contribution in [-0.2, 0) is 17.8 Å². The van der Waals surface area contributed by atoms with E-state index < -0.39 is 0 Å². The molecular formula is C21H27Cl2N3O2. The average molecular weight is 424 g/mol. The first-order chi connectivity index (χ1) is 13.2. The molecule has 0 radical (unpaired) electrons. The van der Waals surface area contributed by atoms with Gasteiger partial charge in [-0.05, 0) is 68.2 Å². The van der Waals surface area contributed by atoms with Crippen molar-refractivity contribution in [2.24, 2.45) is 0 Å². The zero-order valence-electron chi connectivity index (χ0n) is 16.1. The van der Waals surface area contributed by atoms with Gasteiger partial charge in [0.15, 0.2) is 0 Å². The van der Waals surface area contributed by atoms with Crippen molar-refractivity contribution in [3.63, 3.8) is 0 Å². The molecule has 2 heterocycles. The Hall–Kier alpha value is -1.66. The molecule has 0 amide bonds. The summed E-state index contributed by atoms with van der Waals surface area (Å²) in [7, 11) is 1.39. The molecule has 28 heavy (non-hydrogen) atoms. The Kier molecular flexibility index (Phi) is 9.19. The Morgan fingerprint density at radius 3 is 2.86 bits per heavy atom. The number of carbonyl (C=O) groups excluding carboxylic acids is 1. The number of pyridine rings is 1. The van der Waals surface area contributed by atoms with E-state index in [1.54, 1.807) is 12.1 Å². The number of esters is 1. The van der Waals surface area contributed by atoms with E-state index in [-0.39, 0.29) is 18.4 Å². The lowest BCUT2D eigenvalue weighted by Gasteiger charge is -2.31. The van der Waals surface area contributed by atoms with Gasteiger partial charge < -0.3 is 10.1 Å². The molecule has 1 fully saturated rings. The number of nitrogens with one attached hydrogen (secondary N) is 1. The van der Waals surface area contributed by atoms with E-state index in [1.807, 2.05) is 24.4 Å². The van der Waals surface area contributed by atoms with Gasteiger partial charge in [-0.1, -0.05) is 17.7 Å². The summed E-state index contributed by atoms with van der Waals surface area (Å²) in [5.41, 5.74) is 2.50. The van der Waals surface area contributed by atoms with Crippen molar-refractivity contribution in [1.82, 2.24) is 15.2 Å². The van der Waals surface area contributed by atoms with Crippen LogP contribution in [0.2, 0.25) is 5.02 Å². The van der Waals surface area contributed by atoms with Crippen molar-refractivity contribution < 1.29 is 9.53 Å². The van der Waals surface area contributed by atoms with Crippen molar-refractivity contribution in [3.8, 4) is 0 Å². The highest BCUT2D eigenvalue weighted by molar-refractivity contribution is 6.31. The molecule has 1 unspecified atom stereocenters. The number of ether oxygens (including phenoxy) is 1. The fourth-order valence-corrected chi connectivity index (χ4v) is 3.72. The zero-order valence-corrected chi connectivity index (χ0v) is 17.6. The van der Waals surface area contributed by atoms with Crippen LogP contribution in [0.4, 0.5) is 0 Å². The maximum atomic E-state index is 11.9. The molecule has 0 spiro atoms. The van der Waals surface area contributed by atoms with Crippen LogP contribution in [0.15, 0.2) is 42.6 Å². The SMILES string of the molecule is COC(=O)c1ccc(Cl)c(CN(Cc2ccccn2)C2CCCNCC2)c1.Cl. The summed E-state index contributed by atoms with van der Waals surface area (Å²) in [6, 6.07) is 11.8. The molecule has 1 aromatic carbocycles. The van der Waals surface area contributed by atoms with Crippen LogP contribution in [0, 0.1) is 0 Å². The Balaban J connectivity index is 0.00000280. The molecule has 7 heteroatoms. The Labute approximate surface area is 177 Å². The molecule has 1 aromatic heterocycles. The van der Waals surface area contributed by atoms with Crippen molar-refractivity contribution in [1.29, 1.82) is 0 Å². The largest absolute Gasteiger partial charge is 0.465 e. The summed E-state index contributed by atoms with van der Waals surface area (Å²) in [5.74, 6) is -0.345. The maximum absolute atomic E-state index is 11.9. The van der Waals surface area contributed by atoms with Gasteiger partial charge in [-0.3, -0.25) is 9.88 Å². The molecule has 1 aliphatic heterocycles. The van der Waals surface area contributed by atoms with Crippen LogP contribution >= 0.6 is 24.0 Å². The van der Waals surface area contributed by atoms with Gasteiger partial charge in [-0.25, -0.2) is 4.79 Å². The third-order valence-electron chi connectivity index (χ3n) is 4.99. The van der Waals surface area contributed by atoms with Gasteiger partial charge in [-0.2, -0.15) is 0 Å². The number of hydrogen-bond acceptors (Lipinski definition) is 5. The summed E-state index contributed by atoms with van der Waals surface area (Å²) >= 11 is 6.46. The van der Waals surface area contributed by atoms with E-state index >= 15 is 0 Å². The van der Waals surface area contributed by atoms with Crippen molar-refractivity contribution >= 4 is 30.0 Å². The molecule has 152 valence electrons. The van der Waals surface area contributed by atoms with Gasteiger partial charge >= 0.3 is 5.97 Å². The van der Waals surface area contributed by atoms with Crippen molar-refractivity contribution in [2.75, 3.05) is 20.2 Å². The van der Waals surface area contributed by atoms with Gasteiger partial charge in [0.25, 0.3) is 0 Å². The quantitative estimate of drug-likeness (QED) is 0.708. The fraction of sp³-hybridized carbons (Fsp3) is 0.429. The number of halogens is 2. The standard InChI is InChI=1S/C21H26ClN3O2.ClH/c1-27-21(26)16-7-8-20(22)17(13-16)14-25(15-18-5-2-3-11-24-18)19-6-4-10-23-12-9-19;/h2-3,5,7-8,11,13,19,23H,4,6,9-10,12,14-15H2,1H3;1H. The summed E-state index contributed by atoms with van der Waals surface area (Å²) < 4.78 is 4.85. The molecular weight excluding hydrogens is 397 g/mol. The number of aromatic nitrogens is 1. The Morgan fingerprint density at radius 1 is 1.25 bits per heavy atom. The smallest absolute Gasteiger partial charge is 0.337 e. The molecule has 1 saturated heterocycles. The zero-order chi connectivity index (χ0) is 19.1. The van der Waals surface area contributed by atoms with Gasteiger partial charge in [0, 0.05) is 30.4 Å². The van der Waals surface area contributed by atoms with E-state index in [0.717, 1.165) is 50.2 Å². The van der Waals surface area contributed by atoms with Gasteiger partial charge in [0.05, 0.1) is 18.4 Å². The lowest BCUT2D eigenvalue weighted by atomic mass is 10.0. The highest BCUT2D eigenvalue weighted by atomic mass is 35.5. The van der Waals surface area contributed by atoms with E-state index in [0.29, 0.717) is 23.2 Å². The number of nitrogens with zero attached hydrogens (tertiary/aromatic N) is 2. The summed E-state index contributed by atoms with van der Waals surface area (Å²) in [6.07, 6.45) is 5.20. The molecule has 1 atom stereocenters. The first-order valence-electron chi connectivity index (χ1n) is 9.39. The molecule has 0 aliphatic carbocycles. The second-order valence-electron chi connectivity index (χ2n) is 6.86. The van der Waals surface area contributed by atoms with E-state index in [1.165, 1.54) is 7.11 Å². The maximum Gasteiger partial charge on any atom is 0.337 e. The van der Waals surface area contributed by atoms with Gasteiger partial charge in [0.1, 0.15) is 0 Å². The third kappa shape index (κ3) is 6.17. The Bertz CT molecular complexity index is 751. The van der Waals surface area contributed by atoms with E-state index in [4.69, 9.17) is 16.3 Å². The normalized spacial score (nSPS) is 16.9. The second kappa shape index (κ2) is 11.4. The van der Waals surface area contributed by atoms with Crippen molar-refractivity contribution in [2.45, 2.75) is 38.4 Å². The summed E-state index contributed by atoms with van der Waals surface area (Å²) in [6.45, 7) is 3.50. The van der Waals surface area contributed by atoms with Crippen LogP contribution in [0.5, 0.6) is 0 Å². The van der Waals surface area contributed by atoms with Gasteiger partial charge in [0.2, 0.25) is 0 Å². The average Bonchev–Trinajstić information content (AvgIpc) is 2.98. The molecule has 1 aliphatic rings. The lowest BCUT2D eigenvalue weighted by molar-refractivity contribution is 0.0600. The van der Waals surface area contributed by atoms with Crippen LogP contribution in [0.25, 0.3) is 0 Å². The van der Waals surface area contributed by atoms with Crippen molar-refractivity contribution in [3.05, 3.63) is 64.4 Å². The fourth-order valence-electron chi connectivity index (χ4n) is 3.54. The first kappa shape index (κ1) is 22.6. The predicted octanol–water partition coefficient (Wildman–Crippen LogP) is 4.09. The summed E-state index contributed by atoms with van der Waals surface area (Å²) in [5, 5.41) is 4.14. The first-order valence-corrected chi connectivity index (χ1v) is 9.76. The minimum atomic E-state index is -0.345. The highest BCUT2D eigenvalue weighted by Crippen LogP contribution is 2.24. The molecule has 1 N–H and O–H groups in total. The second-order valence-corrected chi connectivity index (χ2v) is 7.27. The lowest BCUT2D eigenvalue weighted by Crippen LogP contribution is -2.35. The van der Waals surface area contributed by atoms with Gasteiger partial charge in [-0.15, -0.1) is 12.4 Å². The van der Waals surface area contributed by atoms with Crippen LogP contribution in [0.3, 0.4) is 0 Å². The van der Waals surface area contributed by atoms with E-state index in [9.17, 15) is 4.79 Å². The van der Waals surface area contributed by atoms with E-state index in [2.05, 4.69) is 21.3 Å². The molecule has 0 bridgehead atoms. The molecule has 0 saturated carbocycles. The number of methoxy groups -OCH3 is 1. The highest BCUT2D eigenvalue weighted by Gasteiger charge is 2.22. The monoisotopic (exact) mass is 423 g/mol. The summed E-state index contributed by atoms with van der Waals surface area (Å²) in [4.78, 5) is 18.8. The Morgan fingerprint density at radius 2 is 2.11 bits per heavy atom. The minimum Gasteiger partial charge on any atom is -0.465 e. The van der Waals surface area contributed by atoms with Crippen LogP contribution in [0.1, 0.15) is 40.9 Å². The van der Waals surface area contributed by atoms with Crippen LogP contribution < -0.4 is 5.32 Å². The van der Waals surface area contributed by atoms with Crippen LogP contribution in [-0.4, -0.2) is 42.1 Å². The predicted molar refractivity (Wildman–Crippen MR) is 114 cm³/mol. The molecule has 3 rings (SSSR count). The third-order valence-corrected chi connectivity index (χ3v) is 5.36.